The summed E-state index contributed by atoms with van der Waals surface area (Å²) in [7, 11) is 5.32. The van der Waals surface area contributed by atoms with Crippen molar-refractivity contribution in [3.8, 4) is 5.75 Å². The number of methoxy groups -OCH3 is 1. The van der Waals surface area contributed by atoms with Gasteiger partial charge in [-0.1, -0.05) is 0 Å². The number of carbonyl (C=O) groups excluding carboxylic acids is 1. The van der Waals surface area contributed by atoms with Gasteiger partial charge in [0.2, 0.25) is 0 Å². The number of nitrogen functional groups attached to an aromatic ring is 1. The smallest absolute Gasteiger partial charge is 0.261 e. The molecule has 2 aromatic heterocycles. The Hall–Kier alpha value is -2.22. The van der Waals surface area contributed by atoms with Gasteiger partial charge in [0.05, 0.1) is 13.7 Å². The normalized spacial score (nSPS) is 10.6. The van der Waals surface area contributed by atoms with Crippen LogP contribution in [-0.2, 0) is 13.6 Å². The number of primary amides is 1. The van der Waals surface area contributed by atoms with Crippen molar-refractivity contribution in [2.24, 2.45) is 12.8 Å². The minimum Gasteiger partial charge on any atom is -0.492 e. The van der Waals surface area contributed by atoms with E-state index in [2.05, 4.69) is 4.98 Å². The van der Waals surface area contributed by atoms with E-state index < -0.39 is 5.91 Å². The zero-order chi connectivity index (χ0) is 14.9. The van der Waals surface area contributed by atoms with Gasteiger partial charge < -0.3 is 25.7 Å². The van der Waals surface area contributed by atoms with Gasteiger partial charge in [-0.25, -0.2) is 4.98 Å². The van der Waals surface area contributed by atoms with E-state index in [1.807, 2.05) is 29.8 Å². The molecular weight excluding hydrogens is 278 g/mol. The lowest BCUT2D eigenvalue weighted by Crippen LogP contribution is -2.18. The molecule has 0 aliphatic rings. The van der Waals surface area contributed by atoms with Crippen LogP contribution in [0.5, 0.6) is 5.75 Å². The third-order valence-corrected chi connectivity index (χ3v) is 4.27. The summed E-state index contributed by atoms with van der Waals surface area (Å²) in [6.07, 6.45) is 3.61. The molecule has 0 unspecified atom stereocenters. The van der Waals surface area contributed by atoms with Crippen LogP contribution in [0.2, 0.25) is 0 Å². The summed E-state index contributed by atoms with van der Waals surface area (Å²) < 4.78 is 7.21. The Morgan fingerprint density at radius 3 is 2.80 bits per heavy atom. The molecule has 2 heterocycles. The number of imidazole rings is 1. The van der Waals surface area contributed by atoms with E-state index in [1.54, 1.807) is 6.20 Å². The predicted octanol–water partition coefficient (Wildman–Crippen LogP) is 0.808. The van der Waals surface area contributed by atoms with Gasteiger partial charge in [0.15, 0.2) is 5.75 Å². The lowest BCUT2D eigenvalue weighted by molar-refractivity contribution is 0.100. The third kappa shape index (κ3) is 2.42. The third-order valence-electron chi connectivity index (χ3n) is 2.96. The van der Waals surface area contributed by atoms with Gasteiger partial charge in [-0.2, -0.15) is 0 Å². The highest BCUT2D eigenvalue weighted by Crippen LogP contribution is 2.44. The van der Waals surface area contributed by atoms with Crippen LogP contribution in [-0.4, -0.2) is 29.6 Å². The van der Waals surface area contributed by atoms with Gasteiger partial charge in [0, 0.05) is 26.5 Å². The van der Waals surface area contributed by atoms with Crippen LogP contribution in [0.15, 0.2) is 12.4 Å². The zero-order valence-electron chi connectivity index (χ0n) is 11.6. The zero-order valence-corrected chi connectivity index (χ0v) is 12.4. The van der Waals surface area contributed by atoms with Crippen LogP contribution in [0.3, 0.4) is 0 Å². The highest BCUT2D eigenvalue weighted by atomic mass is 32.1. The Morgan fingerprint density at radius 2 is 2.30 bits per heavy atom. The van der Waals surface area contributed by atoms with Crippen LogP contribution in [0.4, 0.5) is 10.7 Å². The Kier molecular flexibility index (Phi) is 3.84. The second-order valence-electron chi connectivity index (χ2n) is 4.36. The molecule has 0 spiro atoms. The van der Waals surface area contributed by atoms with Crippen molar-refractivity contribution < 1.29 is 9.53 Å². The maximum Gasteiger partial charge on any atom is 0.261 e. The van der Waals surface area contributed by atoms with Crippen molar-refractivity contribution in [2.75, 3.05) is 24.8 Å². The molecule has 0 bridgehead atoms. The number of carbonyl (C=O) groups is 1. The number of ether oxygens (including phenoxy) is 1. The van der Waals surface area contributed by atoms with Crippen LogP contribution < -0.4 is 21.1 Å². The summed E-state index contributed by atoms with van der Waals surface area (Å²) in [6, 6.07) is 0. The molecule has 2 aromatic rings. The van der Waals surface area contributed by atoms with E-state index in [-0.39, 0.29) is 5.69 Å². The molecule has 0 saturated carbocycles. The largest absolute Gasteiger partial charge is 0.492 e. The summed E-state index contributed by atoms with van der Waals surface area (Å²) >= 11 is 1.22. The van der Waals surface area contributed by atoms with Crippen LogP contribution in [0.1, 0.15) is 15.5 Å². The maximum atomic E-state index is 11.4. The molecule has 8 heteroatoms. The molecule has 0 fully saturated rings. The standard InChI is InChI=1S/C12H17N5O2S/c1-16-5-4-15-7(16)6-17(2)12-9(19-3)8(13)10(20-12)11(14)18/h4-5H,6,13H2,1-3H3,(H2,14,18). The molecule has 0 aliphatic carbocycles. The van der Waals surface area contributed by atoms with Crippen LogP contribution in [0.25, 0.3) is 0 Å². The Balaban J connectivity index is 2.34. The fourth-order valence-corrected chi connectivity index (χ4v) is 2.88. The summed E-state index contributed by atoms with van der Waals surface area (Å²) in [6.45, 7) is 0.567. The van der Waals surface area contributed by atoms with Gasteiger partial charge >= 0.3 is 0 Å². The average Bonchev–Trinajstić information content (AvgIpc) is 2.93. The number of nitrogens with two attached hydrogens (primary N) is 2. The molecule has 0 radical (unpaired) electrons. The molecule has 7 nitrogen and oxygen atoms in total. The van der Waals surface area contributed by atoms with Crippen molar-refractivity contribution in [2.45, 2.75) is 6.54 Å². The number of hydrogen-bond donors (Lipinski definition) is 2. The van der Waals surface area contributed by atoms with E-state index >= 15 is 0 Å². The monoisotopic (exact) mass is 295 g/mol. The number of amides is 1. The first-order chi connectivity index (χ1) is 9.45. The van der Waals surface area contributed by atoms with E-state index in [1.165, 1.54) is 18.4 Å². The molecule has 108 valence electrons. The first-order valence-electron chi connectivity index (χ1n) is 5.89. The summed E-state index contributed by atoms with van der Waals surface area (Å²) in [5.41, 5.74) is 11.5. The average molecular weight is 295 g/mol. The molecule has 0 saturated heterocycles. The quantitative estimate of drug-likeness (QED) is 0.850. The van der Waals surface area contributed by atoms with Gasteiger partial charge in [-0.05, 0) is 0 Å². The number of rotatable bonds is 5. The minimum atomic E-state index is -0.553. The summed E-state index contributed by atoms with van der Waals surface area (Å²) in [5.74, 6) is 0.810. The number of aromatic nitrogens is 2. The van der Waals surface area contributed by atoms with Crippen LogP contribution >= 0.6 is 11.3 Å². The van der Waals surface area contributed by atoms with Crippen LogP contribution in [0, 0.1) is 0 Å². The Bertz CT molecular complexity index is 634. The second-order valence-corrected chi connectivity index (χ2v) is 5.36. The van der Waals surface area contributed by atoms with Crippen molar-refractivity contribution in [3.05, 3.63) is 23.1 Å². The number of anilines is 2. The lowest BCUT2D eigenvalue weighted by Gasteiger charge is -2.18. The Labute approximate surface area is 120 Å². The fourth-order valence-electron chi connectivity index (χ4n) is 1.88. The van der Waals surface area contributed by atoms with Gasteiger partial charge in [0.1, 0.15) is 21.4 Å². The number of thiophene rings is 1. The molecule has 20 heavy (non-hydrogen) atoms. The van der Waals surface area contributed by atoms with E-state index in [4.69, 9.17) is 16.2 Å². The Morgan fingerprint density at radius 1 is 1.60 bits per heavy atom. The lowest BCUT2D eigenvalue weighted by atomic mass is 10.3. The molecule has 1 amide bonds. The summed E-state index contributed by atoms with van der Waals surface area (Å²) in [4.78, 5) is 17.9. The minimum absolute atomic E-state index is 0.284. The number of nitrogens with zero attached hydrogens (tertiary/aromatic N) is 3. The topological polar surface area (TPSA) is 99.4 Å². The van der Waals surface area contributed by atoms with Crippen molar-refractivity contribution >= 4 is 27.9 Å². The number of hydrogen-bond acceptors (Lipinski definition) is 6. The highest BCUT2D eigenvalue weighted by Gasteiger charge is 2.23. The second kappa shape index (κ2) is 5.41. The molecular formula is C12H17N5O2S. The highest BCUT2D eigenvalue weighted by molar-refractivity contribution is 7.19. The van der Waals surface area contributed by atoms with E-state index in [9.17, 15) is 4.79 Å². The molecule has 2 rings (SSSR count). The molecule has 0 atom stereocenters. The van der Waals surface area contributed by atoms with E-state index in [0.29, 0.717) is 17.2 Å². The van der Waals surface area contributed by atoms with Gasteiger partial charge in [0.25, 0.3) is 5.91 Å². The first kappa shape index (κ1) is 14.2. The molecule has 0 aromatic carbocycles. The SMILES string of the molecule is COc1c(N(C)Cc2nccn2C)sc(C(N)=O)c1N. The first-order valence-corrected chi connectivity index (χ1v) is 6.70. The summed E-state index contributed by atoms with van der Waals surface area (Å²) in [5, 5.41) is 0.752. The predicted molar refractivity (Wildman–Crippen MR) is 79.1 cm³/mol. The van der Waals surface area contributed by atoms with Gasteiger partial charge in [-0.15, -0.1) is 11.3 Å². The molecule has 0 aliphatic heterocycles. The molecule has 4 N–H and O–H groups in total. The fraction of sp³-hybridized carbons (Fsp3) is 0.333. The van der Waals surface area contributed by atoms with Crippen molar-refractivity contribution in [1.82, 2.24) is 9.55 Å². The van der Waals surface area contributed by atoms with E-state index in [0.717, 1.165) is 10.8 Å². The number of aryl methyl sites for hydroxylation is 1. The van der Waals surface area contributed by atoms with Crippen molar-refractivity contribution in [3.63, 3.8) is 0 Å². The maximum absolute atomic E-state index is 11.4. The van der Waals surface area contributed by atoms with Crippen molar-refractivity contribution in [1.29, 1.82) is 0 Å². The van der Waals surface area contributed by atoms with Gasteiger partial charge in [-0.3, -0.25) is 4.79 Å².